The maximum Gasteiger partial charge on any atom is 0.263 e. The maximum atomic E-state index is 12.3. The number of hydrogen-bond donors (Lipinski definition) is 1. The maximum absolute atomic E-state index is 12.3. The summed E-state index contributed by atoms with van der Waals surface area (Å²) < 4.78 is 5.53. The molecule has 1 N–H and O–H groups in total. The van der Waals surface area contributed by atoms with Crippen molar-refractivity contribution in [2.24, 2.45) is 5.92 Å². The molecule has 0 fully saturated rings. The highest BCUT2D eigenvalue weighted by Gasteiger charge is 2.17. The van der Waals surface area contributed by atoms with Gasteiger partial charge in [-0.05, 0) is 47.7 Å². The fourth-order valence-electron chi connectivity index (χ4n) is 2.87. The van der Waals surface area contributed by atoms with Crippen LogP contribution in [0.25, 0.3) is 32.8 Å². The monoisotopic (exact) mass is 392 g/mol. The third-order valence-corrected chi connectivity index (χ3v) is 5.43. The van der Waals surface area contributed by atoms with Gasteiger partial charge in [0.2, 0.25) is 0 Å². The van der Waals surface area contributed by atoms with E-state index in [0.717, 1.165) is 22.9 Å². The van der Waals surface area contributed by atoms with Crippen LogP contribution in [0, 0.1) is 5.92 Å². The van der Waals surface area contributed by atoms with Gasteiger partial charge in [-0.25, -0.2) is 4.98 Å². The Hall–Kier alpha value is -3.06. The molecule has 0 aliphatic heterocycles. The van der Waals surface area contributed by atoms with Crippen molar-refractivity contribution < 1.29 is 9.32 Å². The first-order chi connectivity index (χ1) is 13.6. The van der Waals surface area contributed by atoms with Gasteiger partial charge in [0.1, 0.15) is 15.6 Å². The average Bonchev–Trinajstić information content (AvgIpc) is 3.34. The lowest BCUT2D eigenvalue weighted by atomic mass is 10.1. The molecule has 1 aromatic carbocycles. The third-order valence-electron chi connectivity index (χ3n) is 4.42. The zero-order valence-corrected chi connectivity index (χ0v) is 16.5. The second-order valence-electron chi connectivity index (χ2n) is 6.95. The number of hydrogen-bond acceptors (Lipinski definition) is 6. The zero-order valence-electron chi connectivity index (χ0n) is 15.7. The van der Waals surface area contributed by atoms with Crippen molar-refractivity contribution in [2.45, 2.75) is 20.3 Å². The number of benzene rings is 1. The molecule has 1 amide bonds. The molecule has 6 nitrogen and oxygen atoms in total. The summed E-state index contributed by atoms with van der Waals surface area (Å²) >= 11 is 1.32. The summed E-state index contributed by atoms with van der Waals surface area (Å²) in [5, 5.41) is 8.67. The number of amides is 1. The summed E-state index contributed by atoms with van der Waals surface area (Å²) in [4.78, 5) is 21.3. The average molecular weight is 392 g/mol. The Morgan fingerprint density at radius 2 is 2.00 bits per heavy atom. The van der Waals surface area contributed by atoms with Gasteiger partial charge in [0.25, 0.3) is 5.91 Å². The quantitative estimate of drug-likeness (QED) is 0.510. The summed E-state index contributed by atoms with van der Waals surface area (Å²) in [5.74, 6) is 0.452. The lowest BCUT2D eigenvalue weighted by molar-refractivity contribution is 0.0956. The molecule has 0 atom stereocenters. The number of carbonyl (C=O) groups excluding carboxylic acids is 1. The Morgan fingerprint density at radius 3 is 2.79 bits per heavy atom. The van der Waals surface area contributed by atoms with Crippen LogP contribution in [0.2, 0.25) is 0 Å². The molecule has 7 heteroatoms. The molecule has 0 aliphatic carbocycles. The molecule has 4 rings (SSSR count). The van der Waals surface area contributed by atoms with Crippen molar-refractivity contribution in [3.63, 3.8) is 0 Å². The summed E-state index contributed by atoms with van der Waals surface area (Å²) in [6.07, 6.45) is 6.06. The number of thiazole rings is 1. The fourth-order valence-corrected chi connectivity index (χ4v) is 3.69. The third kappa shape index (κ3) is 3.80. The second-order valence-corrected chi connectivity index (χ2v) is 7.98. The number of rotatable bonds is 6. The van der Waals surface area contributed by atoms with Crippen LogP contribution in [0.1, 0.15) is 29.9 Å². The van der Waals surface area contributed by atoms with Gasteiger partial charge in [0, 0.05) is 18.9 Å². The highest BCUT2D eigenvalue weighted by Crippen LogP contribution is 2.33. The minimum absolute atomic E-state index is 0.0998. The summed E-state index contributed by atoms with van der Waals surface area (Å²) in [7, 11) is 0. The van der Waals surface area contributed by atoms with Gasteiger partial charge in [-0.15, -0.1) is 11.3 Å². The normalized spacial score (nSPS) is 11.2. The molecular formula is C21H20N4O2S. The minimum atomic E-state index is -0.0998. The first kappa shape index (κ1) is 18.3. The topological polar surface area (TPSA) is 80.9 Å². The number of fused-ring (bicyclic) bond motifs is 1. The predicted octanol–water partition coefficient (Wildman–Crippen LogP) is 4.79. The molecule has 0 saturated heterocycles. The lowest BCUT2D eigenvalue weighted by Crippen LogP contribution is -2.24. The molecule has 142 valence electrons. The molecule has 0 unspecified atom stereocenters. The van der Waals surface area contributed by atoms with Gasteiger partial charge in [0.05, 0.1) is 11.6 Å². The fraction of sp³-hybridized carbons (Fsp3) is 0.238. The van der Waals surface area contributed by atoms with E-state index in [-0.39, 0.29) is 5.91 Å². The Kier molecular flexibility index (Phi) is 5.16. The van der Waals surface area contributed by atoms with Crippen molar-refractivity contribution >= 4 is 28.2 Å². The van der Waals surface area contributed by atoms with Gasteiger partial charge in [-0.1, -0.05) is 25.1 Å². The molecule has 0 radical (unpaired) electrons. The van der Waals surface area contributed by atoms with Crippen LogP contribution in [0.5, 0.6) is 0 Å². The number of aromatic nitrogens is 3. The summed E-state index contributed by atoms with van der Waals surface area (Å²) in [5.41, 5.74) is 3.43. The van der Waals surface area contributed by atoms with Crippen molar-refractivity contribution in [2.75, 3.05) is 6.54 Å². The number of nitrogens with one attached hydrogen (secondary N) is 1. The summed E-state index contributed by atoms with van der Waals surface area (Å²) in [6, 6.07) is 9.84. The summed E-state index contributed by atoms with van der Waals surface area (Å²) in [6.45, 7) is 4.92. The zero-order chi connectivity index (χ0) is 19.5. The van der Waals surface area contributed by atoms with E-state index in [4.69, 9.17) is 4.52 Å². The smallest absolute Gasteiger partial charge is 0.263 e. The van der Waals surface area contributed by atoms with Crippen LogP contribution in [-0.4, -0.2) is 27.6 Å². The SMILES string of the molecule is CC(C)CCNC(=O)c1cnc(-c2noc3cc(-c4ccncc4)ccc23)s1. The largest absolute Gasteiger partial charge is 0.356 e. The Labute approximate surface area is 166 Å². The molecule has 4 aromatic rings. The standard InChI is InChI=1S/C21H20N4O2S/c1-13(2)5-10-23-20(26)18-12-24-21(28-18)19-16-4-3-15(11-17(16)27-25-19)14-6-8-22-9-7-14/h3-4,6-9,11-13H,5,10H2,1-2H3,(H,23,26). The van der Waals surface area contributed by atoms with Crippen molar-refractivity contribution in [1.82, 2.24) is 20.4 Å². The van der Waals surface area contributed by atoms with Crippen LogP contribution < -0.4 is 5.32 Å². The molecule has 0 saturated carbocycles. The van der Waals surface area contributed by atoms with Crippen molar-refractivity contribution in [3.8, 4) is 21.8 Å². The van der Waals surface area contributed by atoms with E-state index in [1.807, 2.05) is 30.3 Å². The predicted molar refractivity (Wildman–Crippen MR) is 110 cm³/mol. The highest BCUT2D eigenvalue weighted by atomic mass is 32.1. The number of pyridine rings is 1. The van der Waals surface area contributed by atoms with Crippen molar-refractivity contribution in [1.29, 1.82) is 0 Å². The molecule has 0 spiro atoms. The van der Waals surface area contributed by atoms with E-state index in [1.165, 1.54) is 11.3 Å². The van der Waals surface area contributed by atoms with Gasteiger partial charge >= 0.3 is 0 Å². The first-order valence-corrected chi connectivity index (χ1v) is 9.97. The Balaban J connectivity index is 1.57. The Bertz CT molecular complexity index is 1100. The Morgan fingerprint density at radius 1 is 1.18 bits per heavy atom. The van der Waals surface area contributed by atoms with Crippen LogP contribution >= 0.6 is 11.3 Å². The molecule has 0 aliphatic rings. The molecule has 3 heterocycles. The van der Waals surface area contributed by atoms with Crippen molar-refractivity contribution in [3.05, 3.63) is 53.8 Å². The van der Waals surface area contributed by atoms with Crippen LogP contribution in [0.15, 0.2) is 53.4 Å². The first-order valence-electron chi connectivity index (χ1n) is 9.16. The van der Waals surface area contributed by atoms with E-state index >= 15 is 0 Å². The van der Waals surface area contributed by atoms with E-state index < -0.39 is 0 Å². The van der Waals surface area contributed by atoms with Crippen LogP contribution in [0.4, 0.5) is 0 Å². The number of carbonyl (C=O) groups is 1. The van der Waals surface area contributed by atoms with Crippen LogP contribution in [-0.2, 0) is 0 Å². The minimum Gasteiger partial charge on any atom is -0.356 e. The second kappa shape index (κ2) is 7.90. The molecule has 3 aromatic heterocycles. The van der Waals surface area contributed by atoms with Gasteiger partial charge < -0.3 is 9.84 Å². The van der Waals surface area contributed by atoms with E-state index in [9.17, 15) is 4.79 Å². The molecule has 0 bridgehead atoms. The highest BCUT2D eigenvalue weighted by molar-refractivity contribution is 7.17. The lowest BCUT2D eigenvalue weighted by Gasteiger charge is -2.05. The van der Waals surface area contributed by atoms with Gasteiger partial charge in [-0.2, -0.15) is 0 Å². The van der Waals surface area contributed by atoms with E-state index in [0.29, 0.717) is 33.6 Å². The van der Waals surface area contributed by atoms with Gasteiger partial charge in [-0.3, -0.25) is 9.78 Å². The van der Waals surface area contributed by atoms with E-state index in [2.05, 4.69) is 34.3 Å². The van der Waals surface area contributed by atoms with Gasteiger partial charge in [0.15, 0.2) is 5.58 Å². The molecular weight excluding hydrogens is 372 g/mol. The van der Waals surface area contributed by atoms with E-state index in [1.54, 1.807) is 18.6 Å². The number of nitrogens with zero attached hydrogens (tertiary/aromatic N) is 3. The van der Waals surface area contributed by atoms with Crippen LogP contribution in [0.3, 0.4) is 0 Å². The molecule has 28 heavy (non-hydrogen) atoms.